The molecule has 86 valence electrons. The fourth-order valence-corrected chi connectivity index (χ4v) is 3.46. The van der Waals surface area contributed by atoms with Crippen molar-refractivity contribution >= 4 is 40.7 Å². The van der Waals surface area contributed by atoms with E-state index in [-0.39, 0.29) is 11.0 Å². The Morgan fingerprint density at radius 1 is 1.31 bits per heavy atom. The molecule has 0 bridgehead atoms. The fourth-order valence-electron chi connectivity index (χ4n) is 1.81. The average Bonchev–Trinajstić information content (AvgIpc) is 2.32. The Balaban J connectivity index is 2.22. The lowest BCUT2D eigenvalue weighted by molar-refractivity contribution is 0.0985. The highest BCUT2D eigenvalue weighted by molar-refractivity contribution is 8.00. The number of ketones is 1. The van der Waals surface area contributed by atoms with Crippen LogP contribution < -0.4 is 0 Å². The summed E-state index contributed by atoms with van der Waals surface area (Å²) in [5.41, 5.74) is 0.563. The molecule has 2 rings (SSSR count). The quantitative estimate of drug-likeness (QED) is 0.741. The molecule has 1 aliphatic rings. The number of thioether (sulfide) groups is 1. The number of Topliss-reactive ketones (excluding diaryl/α,β-unsaturated/α-hetero) is 1. The van der Waals surface area contributed by atoms with E-state index in [1.165, 1.54) is 6.42 Å². The number of hydrogen-bond donors (Lipinski definition) is 0. The molecule has 0 N–H and O–H groups in total. The summed E-state index contributed by atoms with van der Waals surface area (Å²) in [6, 6.07) is 5.06. The van der Waals surface area contributed by atoms with Crippen LogP contribution in [0.4, 0.5) is 0 Å². The minimum absolute atomic E-state index is 0.0599. The highest BCUT2D eigenvalue weighted by atomic mass is 35.5. The van der Waals surface area contributed by atoms with Crippen LogP contribution in [0.2, 0.25) is 10.0 Å². The van der Waals surface area contributed by atoms with Gasteiger partial charge in [-0.05, 0) is 36.8 Å². The summed E-state index contributed by atoms with van der Waals surface area (Å²) >= 11 is 13.6. The van der Waals surface area contributed by atoms with Crippen molar-refractivity contribution in [3.63, 3.8) is 0 Å². The molecule has 1 atom stereocenters. The highest BCUT2D eigenvalue weighted by Gasteiger charge is 2.24. The van der Waals surface area contributed by atoms with Crippen molar-refractivity contribution in [1.82, 2.24) is 0 Å². The Hall–Kier alpha value is -0.180. The van der Waals surface area contributed by atoms with E-state index in [0.29, 0.717) is 15.6 Å². The summed E-state index contributed by atoms with van der Waals surface area (Å²) in [6.45, 7) is 0. The molecule has 1 aromatic carbocycles. The number of benzene rings is 1. The van der Waals surface area contributed by atoms with Gasteiger partial charge in [-0.2, -0.15) is 11.8 Å². The van der Waals surface area contributed by atoms with Crippen LogP contribution in [0.25, 0.3) is 0 Å². The van der Waals surface area contributed by atoms with Crippen molar-refractivity contribution in [2.24, 2.45) is 0 Å². The average molecular weight is 275 g/mol. The molecular formula is C12H12Cl2OS. The van der Waals surface area contributed by atoms with Gasteiger partial charge in [-0.1, -0.05) is 29.6 Å². The molecule has 1 unspecified atom stereocenters. The van der Waals surface area contributed by atoms with Gasteiger partial charge in [-0.15, -0.1) is 0 Å². The lowest BCUT2D eigenvalue weighted by atomic mass is 10.0. The smallest absolute Gasteiger partial charge is 0.177 e. The normalized spacial score (nSPS) is 20.8. The third-order valence-electron chi connectivity index (χ3n) is 2.67. The first kappa shape index (κ1) is 12.3. The molecule has 1 aliphatic heterocycles. The molecule has 16 heavy (non-hydrogen) atoms. The SMILES string of the molecule is O=C(c1cc(Cl)ccc1Cl)C1CCCCS1. The zero-order chi connectivity index (χ0) is 11.5. The first-order valence-electron chi connectivity index (χ1n) is 5.29. The van der Waals surface area contributed by atoms with Crippen molar-refractivity contribution < 1.29 is 4.79 Å². The summed E-state index contributed by atoms with van der Waals surface area (Å²) in [5, 5.41) is 1.12. The van der Waals surface area contributed by atoms with Crippen LogP contribution in [0.5, 0.6) is 0 Å². The van der Waals surface area contributed by atoms with E-state index >= 15 is 0 Å². The first-order chi connectivity index (χ1) is 7.68. The van der Waals surface area contributed by atoms with Crippen molar-refractivity contribution in [3.05, 3.63) is 33.8 Å². The van der Waals surface area contributed by atoms with Gasteiger partial charge in [-0.3, -0.25) is 4.79 Å². The van der Waals surface area contributed by atoms with Crippen LogP contribution in [0.3, 0.4) is 0 Å². The van der Waals surface area contributed by atoms with Crippen LogP contribution in [-0.2, 0) is 0 Å². The molecule has 1 heterocycles. The Labute approximate surface area is 110 Å². The van der Waals surface area contributed by atoms with Gasteiger partial charge in [0.1, 0.15) is 0 Å². The van der Waals surface area contributed by atoms with Gasteiger partial charge in [0.15, 0.2) is 5.78 Å². The Morgan fingerprint density at radius 3 is 2.81 bits per heavy atom. The molecule has 1 fully saturated rings. The maximum Gasteiger partial charge on any atom is 0.177 e. The van der Waals surface area contributed by atoms with Gasteiger partial charge in [0.2, 0.25) is 0 Å². The molecule has 0 aliphatic carbocycles. The topological polar surface area (TPSA) is 17.1 Å². The second kappa shape index (κ2) is 5.44. The summed E-state index contributed by atoms with van der Waals surface area (Å²) in [5.74, 6) is 1.19. The van der Waals surface area contributed by atoms with Crippen LogP contribution in [0, 0.1) is 0 Å². The zero-order valence-electron chi connectivity index (χ0n) is 8.71. The number of carbonyl (C=O) groups excluding carboxylic acids is 1. The van der Waals surface area contributed by atoms with Gasteiger partial charge < -0.3 is 0 Å². The van der Waals surface area contributed by atoms with Gasteiger partial charge in [0, 0.05) is 10.6 Å². The van der Waals surface area contributed by atoms with Crippen LogP contribution >= 0.6 is 35.0 Å². The van der Waals surface area contributed by atoms with Crippen molar-refractivity contribution in [3.8, 4) is 0 Å². The maximum absolute atomic E-state index is 12.2. The molecule has 1 nitrogen and oxygen atoms in total. The molecule has 1 saturated heterocycles. The lowest BCUT2D eigenvalue weighted by Crippen LogP contribution is -2.21. The van der Waals surface area contributed by atoms with Gasteiger partial charge in [0.05, 0.1) is 10.3 Å². The van der Waals surface area contributed by atoms with E-state index in [9.17, 15) is 4.79 Å². The standard InChI is InChI=1S/C12H12Cl2OS/c13-8-4-5-10(14)9(7-8)12(15)11-3-1-2-6-16-11/h4-5,7,11H,1-3,6H2. The number of rotatable bonds is 2. The molecule has 0 aromatic heterocycles. The van der Waals surface area contributed by atoms with Crippen LogP contribution in [-0.4, -0.2) is 16.8 Å². The van der Waals surface area contributed by atoms with E-state index in [1.807, 2.05) is 0 Å². The molecule has 0 amide bonds. The molecule has 0 radical (unpaired) electrons. The van der Waals surface area contributed by atoms with Crippen LogP contribution in [0.1, 0.15) is 29.6 Å². The third-order valence-corrected chi connectivity index (χ3v) is 4.61. The molecule has 1 aromatic rings. The Bertz CT molecular complexity index is 400. The van der Waals surface area contributed by atoms with Gasteiger partial charge >= 0.3 is 0 Å². The van der Waals surface area contributed by atoms with E-state index in [4.69, 9.17) is 23.2 Å². The largest absolute Gasteiger partial charge is 0.293 e. The van der Waals surface area contributed by atoms with E-state index in [1.54, 1.807) is 30.0 Å². The minimum atomic E-state index is 0.0599. The monoisotopic (exact) mass is 274 g/mol. The van der Waals surface area contributed by atoms with Gasteiger partial charge in [0.25, 0.3) is 0 Å². The fraction of sp³-hybridized carbons (Fsp3) is 0.417. The summed E-state index contributed by atoms with van der Waals surface area (Å²) in [7, 11) is 0. The molecule has 0 spiro atoms. The summed E-state index contributed by atoms with van der Waals surface area (Å²) < 4.78 is 0. The lowest BCUT2D eigenvalue weighted by Gasteiger charge is -2.20. The molecular weight excluding hydrogens is 263 g/mol. The predicted molar refractivity (Wildman–Crippen MR) is 70.9 cm³/mol. The zero-order valence-corrected chi connectivity index (χ0v) is 11.0. The van der Waals surface area contributed by atoms with E-state index in [2.05, 4.69) is 0 Å². The van der Waals surface area contributed by atoms with Crippen molar-refractivity contribution in [1.29, 1.82) is 0 Å². The van der Waals surface area contributed by atoms with E-state index in [0.717, 1.165) is 18.6 Å². The van der Waals surface area contributed by atoms with E-state index < -0.39 is 0 Å². The Morgan fingerprint density at radius 2 is 2.12 bits per heavy atom. The number of hydrogen-bond acceptors (Lipinski definition) is 2. The second-order valence-corrected chi connectivity index (χ2v) is 6.00. The Kier molecular flexibility index (Phi) is 4.17. The van der Waals surface area contributed by atoms with Crippen molar-refractivity contribution in [2.45, 2.75) is 24.5 Å². The van der Waals surface area contributed by atoms with Gasteiger partial charge in [-0.25, -0.2) is 0 Å². The predicted octanol–water partition coefficient (Wildman–Crippen LogP) is 4.46. The minimum Gasteiger partial charge on any atom is -0.293 e. The summed E-state index contributed by atoms with van der Waals surface area (Å²) in [4.78, 5) is 12.2. The third kappa shape index (κ3) is 2.73. The molecule has 4 heteroatoms. The number of halogens is 2. The first-order valence-corrected chi connectivity index (χ1v) is 7.10. The summed E-state index contributed by atoms with van der Waals surface area (Å²) in [6.07, 6.45) is 3.28. The second-order valence-electron chi connectivity index (χ2n) is 3.84. The highest BCUT2D eigenvalue weighted by Crippen LogP contribution is 2.31. The van der Waals surface area contributed by atoms with Crippen molar-refractivity contribution in [2.75, 3.05) is 5.75 Å². The number of carbonyl (C=O) groups is 1. The molecule has 0 saturated carbocycles. The maximum atomic E-state index is 12.2. The van der Waals surface area contributed by atoms with Crippen LogP contribution in [0.15, 0.2) is 18.2 Å².